The van der Waals surface area contributed by atoms with Crippen LogP contribution in [-0.2, 0) is 5.41 Å². The maximum absolute atomic E-state index is 2.62. The molecule has 17 rings (SSSR count). The third-order valence-electron chi connectivity index (χ3n) is 18.0. The summed E-state index contributed by atoms with van der Waals surface area (Å²) in [7, 11) is 0. The molecular weight excluding hydrogens is 1000 g/mol. The van der Waals surface area contributed by atoms with Gasteiger partial charge in [-0.25, -0.2) is 0 Å². The molecule has 83 heavy (non-hydrogen) atoms. The smallest absolute Gasteiger partial charge is 0.252 e. The van der Waals surface area contributed by atoms with Crippen molar-refractivity contribution in [3.05, 3.63) is 285 Å². The highest BCUT2D eigenvalue weighted by Gasteiger charge is 2.45. The van der Waals surface area contributed by atoms with Crippen molar-refractivity contribution in [1.29, 1.82) is 0 Å². The number of fused-ring (bicyclic) bond motifs is 14. The van der Waals surface area contributed by atoms with Crippen molar-refractivity contribution in [1.82, 2.24) is 9.13 Å². The number of rotatable bonds is 6. The molecular formula is C78H55BN4. The average Bonchev–Trinajstić information content (AvgIpc) is 3.80. The summed E-state index contributed by atoms with van der Waals surface area (Å²) in [6.07, 6.45) is 0. The Morgan fingerprint density at radius 3 is 1.16 bits per heavy atom. The van der Waals surface area contributed by atoms with Crippen LogP contribution in [0.15, 0.2) is 279 Å². The van der Waals surface area contributed by atoms with Gasteiger partial charge in [0.1, 0.15) is 0 Å². The molecule has 0 saturated carbocycles. The topological polar surface area (TPSA) is 16.3 Å². The molecule has 2 aliphatic rings. The third kappa shape index (κ3) is 7.07. The monoisotopic (exact) mass is 1060 g/mol. The zero-order valence-electron chi connectivity index (χ0n) is 46.4. The molecule has 0 saturated heterocycles. The van der Waals surface area contributed by atoms with Crippen LogP contribution in [0.3, 0.4) is 0 Å². The van der Waals surface area contributed by atoms with Crippen LogP contribution in [0.2, 0.25) is 0 Å². The first-order chi connectivity index (χ1) is 40.9. The Morgan fingerprint density at radius 1 is 0.301 bits per heavy atom. The number of hydrogen-bond acceptors (Lipinski definition) is 2. The molecule has 0 unspecified atom stereocenters. The number of hydrogen-bond donors (Lipinski definition) is 0. The van der Waals surface area contributed by atoms with E-state index in [1.807, 2.05) is 0 Å². The Balaban J connectivity index is 0.997. The molecule has 0 spiro atoms. The standard InChI is InChI=1S/C78H55BN4/c1-78(2,3)54-46-73-77-74(47-54)83(66-35-19-15-29-58(66)51-24-8-5-9-25-51)72-49-56(81-68-37-21-17-33-62(68)76-60-31-13-11-27-53(60)39-45-70(76)81)41-43-64(72)79(77)63-42-40-55(48-71(63)82(73)65-34-18-14-28-57(65)50-22-6-4-7-23-50)80-67-36-20-16-32-61(67)75-59-30-12-10-26-52(59)38-44-69(75)80/h4-49H,1-3H3. The van der Waals surface area contributed by atoms with Gasteiger partial charge in [-0.3, -0.25) is 0 Å². The summed E-state index contributed by atoms with van der Waals surface area (Å²) >= 11 is 0. The number of para-hydroxylation sites is 4. The van der Waals surface area contributed by atoms with Crippen LogP contribution in [0.4, 0.5) is 34.1 Å². The van der Waals surface area contributed by atoms with E-state index in [1.165, 1.54) is 121 Å². The van der Waals surface area contributed by atoms with E-state index in [1.54, 1.807) is 0 Å². The predicted octanol–water partition coefficient (Wildman–Crippen LogP) is 18.9. The molecule has 0 aliphatic carbocycles. The summed E-state index contributed by atoms with van der Waals surface area (Å²) in [5.41, 5.74) is 23.5. The minimum Gasteiger partial charge on any atom is -0.311 e. The van der Waals surface area contributed by atoms with Gasteiger partial charge in [0, 0.05) is 66.8 Å². The molecule has 2 aromatic heterocycles. The fourth-order valence-corrected chi connectivity index (χ4v) is 14.3. The Hall–Kier alpha value is -10.4. The molecule has 13 aromatic carbocycles. The molecule has 4 nitrogen and oxygen atoms in total. The van der Waals surface area contributed by atoms with Crippen LogP contribution in [0.1, 0.15) is 26.3 Å². The van der Waals surface area contributed by atoms with Crippen molar-refractivity contribution in [3.8, 4) is 33.6 Å². The fourth-order valence-electron chi connectivity index (χ4n) is 14.3. The summed E-state index contributed by atoms with van der Waals surface area (Å²) in [5, 5.41) is 10.1. The summed E-state index contributed by atoms with van der Waals surface area (Å²) < 4.78 is 5.01. The molecule has 0 bridgehead atoms. The van der Waals surface area contributed by atoms with Crippen molar-refractivity contribution in [3.63, 3.8) is 0 Å². The van der Waals surface area contributed by atoms with Crippen LogP contribution >= 0.6 is 0 Å². The van der Waals surface area contributed by atoms with Crippen LogP contribution in [0, 0.1) is 0 Å². The Labute approximate surface area is 483 Å². The minimum absolute atomic E-state index is 0.133. The van der Waals surface area contributed by atoms with Crippen LogP contribution in [0.5, 0.6) is 0 Å². The number of aromatic nitrogens is 2. The second kappa shape index (κ2) is 18.1. The summed E-state index contributed by atoms with van der Waals surface area (Å²) in [5.74, 6) is 0. The highest BCUT2D eigenvalue weighted by Crippen LogP contribution is 2.51. The van der Waals surface area contributed by atoms with Gasteiger partial charge in [-0.15, -0.1) is 0 Å². The van der Waals surface area contributed by atoms with Gasteiger partial charge in [0.15, 0.2) is 0 Å². The number of nitrogens with zero attached hydrogens (tertiary/aromatic N) is 4. The van der Waals surface area contributed by atoms with E-state index in [4.69, 9.17) is 0 Å². The highest BCUT2D eigenvalue weighted by atomic mass is 15.2. The number of anilines is 6. The highest BCUT2D eigenvalue weighted by molar-refractivity contribution is 7.00. The first-order valence-electron chi connectivity index (χ1n) is 29.0. The average molecular weight is 1060 g/mol. The van der Waals surface area contributed by atoms with Gasteiger partial charge in [0.25, 0.3) is 6.71 Å². The van der Waals surface area contributed by atoms with E-state index >= 15 is 0 Å². The Kier molecular flexibility index (Phi) is 10.3. The van der Waals surface area contributed by atoms with E-state index < -0.39 is 0 Å². The molecule has 0 amide bonds. The SMILES string of the molecule is CC(C)(C)c1cc2c3c(c1)N(c1ccccc1-c1ccccc1)c1cc(-n4c5ccccc5c5c6ccccc6ccc54)ccc1B3c1ccc(-n3c4ccccc4c4c5ccccc5ccc43)cc1N2c1ccccc1-c1ccccc1. The zero-order chi connectivity index (χ0) is 55.1. The summed E-state index contributed by atoms with van der Waals surface area (Å²) in [4.78, 5) is 5.25. The molecule has 5 heteroatoms. The zero-order valence-corrected chi connectivity index (χ0v) is 46.4. The molecule has 0 fully saturated rings. The Bertz CT molecular complexity index is 4850. The molecule has 4 heterocycles. The van der Waals surface area contributed by atoms with E-state index in [9.17, 15) is 0 Å². The molecule has 15 aromatic rings. The summed E-state index contributed by atoms with van der Waals surface area (Å²) in [6, 6.07) is 105. The molecule has 390 valence electrons. The number of benzene rings is 13. The first kappa shape index (κ1) is 47.5. The van der Waals surface area contributed by atoms with Crippen molar-refractivity contribution >= 4 is 122 Å². The largest absolute Gasteiger partial charge is 0.311 e. The molecule has 0 N–H and O–H groups in total. The predicted molar refractivity (Wildman–Crippen MR) is 354 cm³/mol. The molecule has 0 radical (unpaired) electrons. The Morgan fingerprint density at radius 2 is 0.699 bits per heavy atom. The van der Waals surface area contributed by atoms with Crippen molar-refractivity contribution in [2.24, 2.45) is 0 Å². The lowest BCUT2D eigenvalue weighted by molar-refractivity contribution is 0.590. The van der Waals surface area contributed by atoms with Crippen LogP contribution in [0.25, 0.3) is 98.8 Å². The lowest BCUT2D eigenvalue weighted by Crippen LogP contribution is -2.61. The van der Waals surface area contributed by atoms with Gasteiger partial charge < -0.3 is 18.9 Å². The second-order valence-corrected chi connectivity index (χ2v) is 23.6. The maximum atomic E-state index is 2.62. The van der Waals surface area contributed by atoms with E-state index in [0.29, 0.717) is 0 Å². The molecule has 2 aliphatic heterocycles. The molecule has 0 atom stereocenters. The van der Waals surface area contributed by atoms with Crippen LogP contribution in [-0.4, -0.2) is 15.8 Å². The quantitative estimate of drug-likeness (QED) is 0.154. The first-order valence-corrected chi connectivity index (χ1v) is 29.0. The van der Waals surface area contributed by atoms with Gasteiger partial charge in [0.2, 0.25) is 0 Å². The third-order valence-corrected chi connectivity index (χ3v) is 18.0. The van der Waals surface area contributed by atoms with Gasteiger partial charge in [0.05, 0.1) is 33.4 Å². The van der Waals surface area contributed by atoms with Gasteiger partial charge in [-0.05, 0) is 133 Å². The lowest BCUT2D eigenvalue weighted by atomic mass is 9.33. The van der Waals surface area contributed by atoms with Gasteiger partial charge in [-0.1, -0.05) is 227 Å². The van der Waals surface area contributed by atoms with Crippen molar-refractivity contribution in [2.45, 2.75) is 26.2 Å². The maximum Gasteiger partial charge on any atom is 0.252 e. The van der Waals surface area contributed by atoms with E-state index in [-0.39, 0.29) is 12.1 Å². The summed E-state index contributed by atoms with van der Waals surface area (Å²) in [6.45, 7) is 6.97. The van der Waals surface area contributed by atoms with Gasteiger partial charge in [-0.2, -0.15) is 0 Å². The normalized spacial score (nSPS) is 12.9. The van der Waals surface area contributed by atoms with Crippen molar-refractivity contribution < 1.29 is 0 Å². The van der Waals surface area contributed by atoms with E-state index in [2.05, 4.69) is 319 Å². The lowest BCUT2D eigenvalue weighted by Gasteiger charge is -2.46. The van der Waals surface area contributed by atoms with Crippen LogP contribution < -0.4 is 26.2 Å². The van der Waals surface area contributed by atoms with Crippen molar-refractivity contribution in [2.75, 3.05) is 9.80 Å². The van der Waals surface area contributed by atoms with E-state index in [0.717, 1.165) is 34.1 Å². The fraction of sp³-hybridized carbons (Fsp3) is 0.0513. The minimum atomic E-state index is -0.224. The van der Waals surface area contributed by atoms with Gasteiger partial charge >= 0.3 is 0 Å². The second-order valence-electron chi connectivity index (χ2n) is 23.6.